The quantitative estimate of drug-likeness (QED) is 0.606. The van der Waals surface area contributed by atoms with E-state index < -0.39 is 57.8 Å². The Morgan fingerprint density at radius 2 is 1.11 bits per heavy atom. The summed E-state index contributed by atoms with van der Waals surface area (Å²) in [6.07, 6.45) is -2.03. The number of hydrogen-bond donors (Lipinski definition) is 2. The number of carbonyl (C=O) groups excluding carboxylic acids is 2. The summed E-state index contributed by atoms with van der Waals surface area (Å²) in [7, 11) is -3.06. The second-order valence-electron chi connectivity index (χ2n) is 2.94. The van der Waals surface area contributed by atoms with E-state index in [-0.39, 0.29) is 0 Å². The van der Waals surface area contributed by atoms with Crippen molar-refractivity contribution in [1.29, 1.82) is 0 Å². The van der Waals surface area contributed by atoms with Crippen LogP contribution in [-0.2, 0) is 32.8 Å². The second kappa shape index (κ2) is 8.13. The lowest BCUT2D eigenvalue weighted by molar-refractivity contribution is -0.144. The Labute approximate surface area is 102 Å². The van der Waals surface area contributed by atoms with E-state index in [1.165, 1.54) is 0 Å². The SMILES string of the molecule is O=C(O)CCC(=O)O[P+](=O)OC(=O)CCC(=O)O. The van der Waals surface area contributed by atoms with Gasteiger partial charge in [0.05, 0.1) is 25.7 Å². The maximum atomic E-state index is 10.9. The zero-order valence-electron chi connectivity index (χ0n) is 9.03. The topological polar surface area (TPSA) is 144 Å². The van der Waals surface area contributed by atoms with Crippen molar-refractivity contribution in [2.45, 2.75) is 25.7 Å². The molecule has 2 N–H and O–H groups in total. The Balaban J connectivity index is 3.89. The van der Waals surface area contributed by atoms with Crippen LogP contribution in [0.3, 0.4) is 0 Å². The maximum absolute atomic E-state index is 10.9. The summed E-state index contributed by atoms with van der Waals surface area (Å²) in [4.78, 5) is 41.9. The Morgan fingerprint density at radius 1 is 0.778 bits per heavy atom. The zero-order valence-corrected chi connectivity index (χ0v) is 9.92. The largest absolute Gasteiger partial charge is 0.811 e. The van der Waals surface area contributed by atoms with Crippen LogP contribution in [0.2, 0.25) is 0 Å². The van der Waals surface area contributed by atoms with Crippen molar-refractivity contribution in [2.24, 2.45) is 0 Å². The van der Waals surface area contributed by atoms with Crippen molar-refractivity contribution in [2.75, 3.05) is 0 Å². The summed E-state index contributed by atoms with van der Waals surface area (Å²) in [5, 5.41) is 16.5. The number of rotatable bonds is 8. The Morgan fingerprint density at radius 3 is 1.39 bits per heavy atom. The van der Waals surface area contributed by atoms with Crippen molar-refractivity contribution in [3.05, 3.63) is 0 Å². The van der Waals surface area contributed by atoms with Crippen molar-refractivity contribution in [3.8, 4) is 0 Å². The fourth-order valence-electron chi connectivity index (χ4n) is 0.694. The highest BCUT2D eigenvalue weighted by Crippen LogP contribution is 2.25. The summed E-state index contributed by atoms with van der Waals surface area (Å²) in [6.45, 7) is 0. The molecule has 0 saturated carbocycles. The van der Waals surface area contributed by atoms with E-state index in [0.717, 1.165) is 0 Å². The van der Waals surface area contributed by atoms with Gasteiger partial charge in [-0.15, -0.1) is 0 Å². The molecular weight excluding hydrogens is 271 g/mol. The summed E-state index contributed by atoms with van der Waals surface area (Å²) in [5.41, 5.74) is 0. The third-order valence-corrected chi connectivity index (χ3v) is 2.14. The van der Waals surface area contributed by atoms with Gasteiger partial charge in [0.25, 0.3) is 0 Å². The molecular formula is C8H10O9P+. The van der Waals surface area contributed by atoms with E-state index >= 15 is 0 Å². The van der Waals surface area contributed by atoms with Crippen molar-refractivity contribution >= 4 is 32.1 Å². The van der Waals surface area contributed by atoms with Gasteiger partial charge in [0.1, 0.15) is 0 Å². The van der Waals surface area contributed by atoms with Gasteiger partial charge in [-0.25, -0.2) is 9.59 Å². The van der Waals surface area contributed by atoms with Crippen LogP contribution in [0.15, 0.2) is 0 Å². The van der Waals surface area contributed by atoms with Crippen LogP contribution in [0, 0.1) is 0 Å². The Kier molecular flexibility index (Phi) is 7.22. The molecule has 10 heteroatoms. The first-order valence-corrected chi connectivity index (χ1v) is 5.73. The van der Waals surface area contributed by atoms with Gasteiger partial charge in [-0.3, -0.25) is 9.59 Å². The van der Waals surface area contributed by atoms with Gasteiger partial charge >= 0.3 is 32.1 Å². The van der Waals surface area contributed by atoms with Crippen molar-refractivity contribution in [1.82, 2.24) is 0 Å². The van der Waals surface area contributed by atoms with Gasteiger partial charge in [-0.1, -0.05) is 0 Å². The van der Waals surface area contributed by atoms with Gasteiger partial charge in [-0.05, 0) is 0 Å². The lowest BCUT2D eigenvalue weighted by Crippen LogP contribution is -2.07. The molecule has 9 nitrogen and oxygen atoms in total. The number of carboxylic acid groups (broad SMARTS) is 2. The zero-order chi connectivity index (χ0) is 14.1. The van der Waals surface area contributed by atoms with Crippen LogP contribution in [0.25, 0.3) is 0 Å². The van der Waals surface area contributed by atoms with Crippen LogP contribution in [0.1, 0.15) is 25.7 Å². The van der Waals surface area contributed by atoms with Crippen LogP contribution in [0.4, 0.5) is 0 Å². The third kappa shape index (κ3) is 9.22. The molecule has 0 fully saturated rings. The van der Waals surface area contributed by atoms with Gasteiger partial charge in [0, 0.05) is 4.57 Å². The highest BCUT2D eigenvalue weighted by Gasteiger charge is 2.31. The highest BCUT2D eigenvalue weighted by molar-refractivity contribution is 7.34. The highest BCUT2D eigenvalue weighted by atomic mass is 31.1. The number of carbonyl (C=O) groups is 4. The molecule has 0 unspecified atom stereocenters. The minimum absolute atomic E-state index is 0.505. The molecule has 0 atom stereocenters. The van der Waals surface area contributed by atoms with E-state index in [1.54, 1.807) is 0 Å². The molecule has 0 bridgehead atoms. The molecule has 0 heterocycles. The van der Waals surface area contributed by atoms with E-state index in [1.807, 2.05) is 0 Å². The predicted octanol–water partition coefficient (Wildman–Crippen LogP) is 0.460. The monoisotopic (exact) mass is 281 g/mol. The van der Waals surface area contributed by atoms with Crippen LogP contribution >= 0.6 is 8.25 Å². The molecule has 0 spiro atoms. The van der Waals surface area contributed by atoms with Gasteiger partial charge in [0.2, 0.25) is 0 Å². The summed E-state index contributed by atoms with van der Waals surface area (Å²) in [5.74, 6) is -4.66. The van der Waals surface area contributed by atoms with Crippen LogP contribution in [0.5, 0.6) is 0 Å². The number of carboxylic acids is 2. The van der Waals surface area contributed by atoms with Gasteiger partial charge in [-0.2, -0.15) is 9.05 Å². The molecule has 0 aliphatic carbocycles. The first-order chi connectivity index (χ1) is 8.31. The lowest BCUT2D eigenvalue weighted by atomic mass is 10.3. The molecule has 0 aromatic rings. The standard InChI is InChI=1S/C8H9O9P/c9-5(10)1-3-7(13)16-18(15)17-8(14)4-2-6(11)12/h1-4H2,(H-,9,10,11,12)/p+1. The normalized spacial score (nSPS) is 9.33. The maximum Gasteiger partial charge on any atom is 0.811 e. The molecule has 18 heavy (non-hydrogen) atoms. The molecule has 0 aliphatic heterocycles. The average Bonchev–Trinajstić information content (AvgIpc) is 2.23. The van der Waals surface area contributed by atoms with E-state index in [2.05, 4.69) is 9.05 Å². The molecule has 0 aromatic carbocycles. The smallest absolute Gasteiger partial charge is 0.481 e. The molecule has 100 valence electrons. The summed E-state index contributed by atoms with van der Waals surface area (Å²) < 4.78 is 19.1. The van der Waals surface area contributed by atoms with E-state index in [4.69, 9.17) is 10.2 Å². The van der Waals surface area contributed by atoms with Gasteiger partial charge < -0.3 is 10.2 Å². The number of aliphatic carboxylic acids is 2. The van der Waals surface area contributed by atoms with Crippen LogP contribution in [-0.4, -0.2) is 34.1 Å². The Hall–Kier alpha value is -2.02. The average molecular weight is 281 g/mol. The summed E-state index contributed by atoms with van der Waals surface area (Å²) >= 11 is 0. The fourth-order valence-corrected chi connectivity index (χ4v) is 1.25. The number of hydrogen-bond acceptors (Lipinski definition) is 7. The first kappa shape index (κ1) is 16.0. The predicted molar refractivity (Wildman–Crippen MR) is 53.5 cm³/mol. The summed E-state index contributed by atoms with van der Waals surface area (Å²) in [6, 6.07) is 0. The Bertz CT molecular complexity index is 341. The molecule has 0 radical (unpaired) electrons. The second-order valence-corrected chi connectivity index (χ2v) is 3.75. The fraction of sp³-hybridized carbons (Fsp3) is 0.500. The van der Waals surface area contributed by atoms with Crippen molar-refractivity contribution < 1.29 is 43.0 Å². The van der Waals surface area contributed by atoms with E-state index in [9.17, 15) is 23.7 Å². The molecule has 0 aliphatic rings. The molecule has 0 saturated heterocycles. The first-order valence-electron chi connectivity index (χ1n) is 4.63. The van der Waals surface area contributed by atoms with E-state index in [0.29, 0.717) is 0 Å². The van der Waals surface area contributed by atoms with Crippen LogP contribution < -0.4 is 0 Å². The lowest BCUT2D eigenvalue weighted by Gasteiger charge is -1.91. The minimum Gasteiger partial charge on any atom is -0.481 e. The molecule has 0 aromatic heterocycles. The van der Waals surface area contributed by atoms with Gasteiger partial charge in [0.15, 0.2) is 0 Å². The minimum atomic E-state index is -3.06. The third-order valence-electron chi connectivity index (χ3n) is 1.44. The molecule has 0 amide bonds. The van der Waals surface area contributed by atoms with Crippen molar-refractivity contribution in [3.63, 3.8) is 0 Å². The molecule has 0 rings (SSSR count).